The van der Waals surface area contributed by atoms with Crippen LogP contribution in [0.5, 0.6) is 0 Å². The molecule has 306 valence electrons. The van der Waals surface area contributed by atoms with E-state index in [-0.39, 0.29) is 5.56 Å². The molecule has 0 saturated carbocycles. The third-order valence-electron chi connectivity index (χ3n) is 12.2. The predicted molar refractivity (Wildman–Crippen MR) is 250 cm³/mol. The van der Waals surface area contributed by atoms with Crippen LogP contribution in [0, 0.1) is 23.3 Å². The largest absolute Gasteiger partial charge is 0.311 e. The van der Waals surface area contributed by atoms with E-state index in [1.165, 1.54) is 17.0 Å². The standard InChI is InChI=1S/C57H40F4N2/c1-57(2)49-21-13-12-20-47(49)48-35-34-46(36-50(48)57)63(42-18-10-5-11-19-42)56-54(60)52(58)51(53(59)55(56)61)41-26-32-45(33-27-41)62(43-28-22-39(23-29-43)37-14-6-3-7-15-37)44-30-24-40(25-31-44)38-16-8-4-9-17-38/h3-36H,1-2H3. The molecular weight excluding hydrogens is 789 g/mol. The van der Waals surface area contributed by atoms with Crippen LogP contribution in [0.4, 0.5) is 51.7 Å². The van der Waals surface area contributed by atoms with E-state index >= 15 is 17.6 Å². The van der Waals surface area contributed by atoms with Crippen LogP contribution in [0.2, 0.25) is 0 Å². The summed E-state index contributed by atoms with van der Waals surface area (Å²) in [4.78, 5) is 3.28. The van der Waals surface area contributed by atoms with Crippen molar-refractivity contribution in [2.24, 2.45) is 0 Å². The van der Waals surface area contributed by atoms with Crippen molar-refractivity contribution in [2.45, 2.75) is 19.3 Å². The number of fused-ring (bicyclic) bond motifs is 3. The van der Waals surface area contributed by atoms with Gasteiger partial charge in [0.1, 0.15) is 5.69 Å². The van der Waals surface area contributed by atoms with Gasteiger partial charge in [0.15, 0.2) is 23.3 Å². The topological polar surface area (TPSA) is 6.48 Å². The summed E-state index contributed by atoms with van der Waals surface area (Å²) in [5.41, 5.74) is 9.38. The van der Waals surface area contributed by atoms with Gasteiger partial charge in [-0.25, -0.2) is 17.6 Å². The van der Waals surface area contributed by atoms with E-state index in [0.29, 0.717) is 17.1 Å². The summed E-state index contributed by atoms with van der Waals surface area (Å²) in [5.74, 6) is -5.98. The van der Waals surface area contributed by atoms with Crippen LogP contribution in [0.1, 0.15) is 25.0 Å². The van der Waals surface area contributed by atoms with Gasteiger partial charge in [0.05, 0.1) is 5.56 Å². The van der Waals surface area contributed by atoms with Crippen molar-refractivity contribution in [3.8, 4) is 44.5 Å². The van der Waals surface area contributed by atoms with Gasteiger partial charge in [-0.15, -0.1) is 0 Å². The summed E-state index contributed by atoms with van der Waals surface area (Å²) in [7, 11) is 0. The first-order valence-electron chi connectivity index (χ1n) is 20.9. The monoisotopic (exact) mass is 828 g/mol. The van der Waals surface area contributed by atoms with E-state index < -0.39 is 39.9 Å². The Hall–Kier alpha value is -7.70. The maximum atomic E-state index is 16.8. The zero-order valence-electron chi connectivity index (χ0n) is 34.5. The number of benzene rings is 9. The van der Waals surface area contributed by atoms with Crippen molar-refractivity contribution in [3.05, 3.63) is 241 Å². The van der Waals surface area contributed by atoms with Gasteiger partial charge in [-0.3, -0.25) is 0 Å². The number of para-hydroxylation sites is 1. The first-order chi connectivity index (χ1) is 30.7. The lowest BCUT2D eigenvalue weighted by molar-refractivity contribution is 0.461. The Morgan fingerprint density at radius 2 is 0.698 bits per heavy atom. The Morgan fingerprint density at radius 3 is 1.21 bits per heavy atom. The van der Waals surface area contributed by atoms with E-state index in [9.17, 15) is 0 Å². The second kappa shape index (κ2) is 16.0. The Kier molecular flexibility index (Phi) is 9.99. The molecule has 9 aromatic carbocycles. The summed E-state index contributed by atoms with van der Waals surface area (Å²) in [6.45, 7) is 4.19. The third-order valence-corrected chi connectivity index (χ3v) is 12.2. The summed E-state index contributed by atoms with van der Waals surface area (Å²) >= 11 is 0. The number of hydrogen-bond acceptors (Lipinski definition) is 2. The van der Waals surface area contributed by atoms with E-state index in [1.54, 1.807) is 48.5 Å². The van der Waals surface area contributed by atoms with Gasteiger partial charge >= 0.3 is 0 Å². The lowest BCUT2D eigenvalue weighted by atomic mass is 9.82. The molecule has 0 aliphatic heterocycles. The fourth-order valence-corrected chi connectivity index (χ4v) is 8.98. The molecule has 0 spiro atoms. The Balaban J connectivity index is 1.04. The molecule has 2 nitrogen and oxygen atoms in total. The number of hydrogen-bond donors (Lipinski definition) is 0. The zero-order valence-corrected chi connectivity index (χ0v) is 34.5. The van der Waals surface area contributed by atoms with E-state index in [4.69, 9.17) is 0 Å². The third kappa shape index (κ3) is 6.94. The number of nitrogens with zero attached hydrogens (tertiary/aromatic N) is 2. The van der Waals surface area contributed by atoms with Crippen molar-refractivity contribution in [1.82, 2.24) is 0 Å². The van der Waals surface area contributed by atoms with E-state index in [2.05, 4.69) is 50.2 Å². The average molecular weight is 829 g/mol. The van der Waals surface area contributed by atoms with Gasteiger partial charge < -0.3 is 9.80 Å². The Morgan fingerprint density at radius 1 is 0.317 bits per heavy atom. The molecule has 63 heavy (non-hydrogen) atoms. The molecule has 9 aromatic rings. The highest BCUT2D eigenvalue weighted by Gasteiger charge is 2.37. The quantitative estimate of drug-likeness (QED) is 0.106. The summed E-state index contributed by atoms with van der Waals surface area (Å²) in [5, 5.41) is 0. The molecule has 0 atom stereocenters. The summed E-state index contributed by atoms with van der Waals surface area (Å²) in [6.07, 6.45) is 0. The van der Waals surface area contributed by atoms with Crippen LogP contribution in [0.25, 0.3) is 44.5 Å². The lowest BCUT2D eigenvalue weighted by Crippen LogP contribution is -2.19. The van der Waals surface area contributed by atoms with E-state index in [0.717, 1.165) is 55.9 Å². The van der Waals surface area contributed by atoms with Crippen LogP contribution >= 0.6 is 0 Å². The number of anilines is 6. The Labute approximate surface area is 364 Å². The maximum absolute atomic E-state index is 16.8. The molecule has 0 radical (unpaired) electrons. The molecule has 0 fully saturated rings. The number of rotatable bonds is 9. The van der Waals surface area contributed by atoms with Gasteiger partial charge in [-0.05, 0) is 111 Å². The first kappa shape index (κ1) is 39.4. The molecule has 0 N–H and O–H groups in total. The summed E-state index contributed by atoms with van der Waals surface area (Å²) < 4.78 is 66.8. The van der Waals surface area contributed by atoms with Crippen LogP contribution in [0.15, 0.2) is 206 Å². The fraction of sp³-hybridized carbons (Fsp3) is 0.0526. The highest BCUT2D eigenvalue weighted by molar-refractivity contribution is 5.87. The van der Waals surface area contributed by atoms with Gasteiger partial charge in [-0.1, -0.05) is 159 Å². The van der Waals surface area contributed by atoms with Gasteiger partial charge in [0.25, 0.3) is 0 Å². The van der Waals surface area contributed by atoms with E-state index in [1.807, 2.05) is 114 Å². The second-order valence-corrected chi connectivity index (χ2v) is 16.3. The molecule has 10 rings (SSSR count). The zero-order chi connectivity index (χ0) is 43.2. The lowest BCUT2D eigenvalue weighted by Gasteiger charge is -2.29. The SMILES string of the molecule is CC1(C)c2ccccc2-c2ccc(N(c3ccccc3)c3c(F)c(F)c(-c4ccc(N(c5ccc(-c6ccccc6)cc5)c5ccc(-c6ccccc6)cc5)cc4)c(F)c3F)cc21. The Bertz CT molecular complexity index is 2980. The van der Waals surface area contributed by atoms with Gasteiger partial charge in [-0.2, -0.15) is 0 Å². The van der Waals surface area contributed by atoms with Crippen LogP contribution < -0.4 is 9.80 Å². The van der Waals surface area contributed by atoms with Crippen molar-refractivity contribution < 1.29 is 17.6 Å². The first-order valence-corrected chi connectivity index (χ1v) is 20.9. The molecule has 0 aromatic heterocycles. The van der Waals surface area contributed by atoms with Crippen LogP contribution in [0.3, 0.4) is 0 Å². The molecule has 6 heteroatoms. The molecular formula is C57H40F4N2. The minimum atomic E-state index is -1.50. The predicted octanol–water partition coefficient (Wildman–Crippen LogP) is 16.5. The van der Waals surface area contributed by atoms with Crippen molar-refractivity contribution in [3.63, 3.8) is 0 Å². The average Bonchev–Trinajstić information content (AvgIpc) is 3.56. The van der Waals surface area contributed by atoms with Crippen molar-refractivity contribution in [2.75, 3.05) is 9.80 Å². The fourth-order valence-electron chi connectivity index (χ4n) is 8.98. The smallest absolute Gasteiger partial charge is 0.186 e. The molecule has 0 unspecified atom stereocenters. The maximum Gasteiger partial charge on any atom is 0.186 e. The van der Waals surface area contributed by atoms with Gasteiger partial charge in [0, 0.05) is 33.9 Å². The van der Waals surface area contributed by atoms with Crippen molar-refractivity contribution >= 4 is 34.1 Å². The molecule has 0 bridgehead atoms. The molecule has 0 amide bonds. The molecule has 0 saturated heterocycles. The minimum absolute atomic E-state index is 0.0137. The molecule has 1 aliphatic carbocycles. The highest BCUT2D eigenvalue weighted by atomic mass is 19.2. The second-order valence-electron chi connectivity index (χ2n) is 16.3. The van der Waals surface area contributed by atoms with Gasteiger partial charge in [0.2, 0.25) is 0 Å². The highest BCUT2D eigenvalue weighted by Crippen LogP contribution is 2.51. The number of halogens is 4. The normalized spacial score (nSPS) is 12.4. The van der Waals surface area contributed by atoms with Crippen LogP contribution in [-0.2, 0) is 5.41 Å². The molecule has 1 aliphatic rings. The minimum Gasteiger partial charge on any atom is -0.311 e. The van der Waals surface area contributed by atoms with Crippen LogP contribution in [-0.4, -0.2) is 0 Å². The molecule has 0 heterocycles. The van der Waals surface area contributed by atoms with Crippen molar-refractivity contribution in [1.29, 1.82) is 0 Å². The summed E-state index contributed by atoms with van der Waals surface area (Å²) in [6, 6.07) is 64.9.